The van der Waals surface area contributed by atoms with Crippen molar-refractivity contribution in [1.29, 1.82) is 5.26 Å². The Bertz CT molecular complexity index is 480. The van der Waals surface area contributed by atoms with Crippen LogP contribution in [-0.2, 0) is 0 Å². The monoisotopic (exact) mass is 298 g/mol. The first-order chi connectivity index (χ1) is 7.87. The number of amides is 1. The topological polar surface area (TPSA) is 52.9 Å². The SMILES string of the molecule is CC(C)(C#N)CNC(=O)c1cccc(F)c1Br. The number of benzene rings is 1. The van der Waals surface area contributed by atoms with Gasteiger partial charge in [0.25, 0.3) is 5.91 Å². The molecule has 90 valence electrons. The number of nitriles is 1. The molecule has 0 saturated carbocycles. The van der Waals surface area contributed by atoms with Gasteiger partial charge in [0.1, 0.15) is 5.82 Å². The van der Waals surface area contributed by atoms with Crippen LogP contribution >= 0.6 is 15.9 Å². The van der Waals surface area contributed by atoms with E-state index < -0.39 is 17.1 Å². The van der Waals surface area contributed by atoms with Crippen LogP contribution in [0, 0.1) is 22.6 Å². The summed E-state index contributed by atoms with van der Waals surface area (Å²) >= 11 is 3.02. The van der Waals surface area contributed by atoms with Crippen LogP contribution in [0.15, 0.2) is 22.7 Å². The third kappa shape index (κ3) is 3.53. The maximum Gasteiger partial charge on any atom is 0.252 e. The molecule has 0 radical (unpaired) electrons. The maximum atomic E-state index is 13.2. The van der Waals surface area contributed by atoms with Crippen LogP contribution in [0.4, 0.5) is 4.39 Å². The van der Waals surface area contributed by atoms with Crippen LogP contribution in [0.2, 0.25) is 0 Å². The minimum atomic E-state index is -0.643. The zero-order chi connectivity index (χ0) is 13.1. The molecule has 0 aromatic heterocycles. The Hall–Kier alpha value is -1.41. The lowest BCUT2D eigenvalue weighted by Crippen LogP contribution is -2.33. The normalized spacial score (nSPS) is 10.8. The van der Waals surface area contributed by atoms with Crippen molar-refractivity contribution in [3.05, 3.63) is 34.1 Å². The second kappa shape index (κ2) is 5.28. The van der Waals surface area contributed by atoms with Crippen LogP contribution in [0.1, 0.15) is 24.2 Å². The number of nitrogens with zero attached hydrogens (tertiary/aromatic N) is 1. The largest absolute Gasteiger partial charge is 0.350 e. The third-order valence-corrected chi connectivity index (χ3v) is 3.00. The highest BCUT2D eigenvalue weighted by molar-refractivity contribution is 9.10. The van der Waals surface area contributed by atoms with Crippen molar-refractivity contribution in [2.24, 2.45) is 5.41 Å². The summed E-state index contributed by atoms with van der Waals surface area (Å²) in [6, 6.07) is 6.32. The molecule has 1 N–H and O–H groups in total. The summed E-state index contributed by atoms with van der Waals surface area (Å²) < 4.78 is 13.3. The van der Waals surface area contributed by atoms with E-state index in [0.717, 1.165) is 0 Å². The highest BCUT2D eigenvalue weighted by Crippen LogP contribution is 2.20. The first-order valence-electron chi connectivity index (χ1n) is 5.01. The average Bonchev–Trinajstić information content (AvgIpc) is 2.30. The van der Waals surface area contributed by atoms with E-state index in [1.165, 1.54) is 18.2 Å². The molecule has 0 aliphatic heterocycles. The molecule has 0 atom stereocenters. The van der Waals surface area contributed by atoms with Gasteiger partial charge in [0, 0.05) is 6.54 Å². The summed E-state index contributed by atoms with van der Waals surface area (Å²) in [5.74, 6) is -0.892. The summed E-state index contributed by atoms with van der Waals surface area (Å²) in [7, 11) is 0. The van der Waals surface area contributed by atoms with Crippen molar-refractivity contribution >= 4 is 21.8 Å². The van der Waals surface area contributed by atoms with Gasteiger partial charge in [0.2, 0.25) is 0 Å². The summed E-state index contributed by atoms with van der Waals surface area (Å²) in [6.07, 6.45) is 0. The number of carbonyl (C=O) groups excluding carboxylic acids is 1. The Morgan fingerprint density at radius 2 is 2.24 bits per heavy atom. The molecule has 0 unspecified atom stereocenters. The highest BCUT2D eigenvalue weighted by atomic mass is 79.9. The van der Waals surface area contributed by atoms with E-state index in [4.69, 9.17) is 5.26 Å². The molecule has 5 heteroatoms. The van der Waals surface area contributed by atoms with Crippen molar-refractivity contribution < 1.29 is 9.18 Å². The quantitative estimate of drug-likeness (QED) is 0.933. The van der Waals surface area contributed by atoms with E-state index >= 15 is 0 Å². The molecule has 1 aromatic carbocycles. The molecule has 1 amide bonds. The fourth-order valence-corrected chi connectivity index (χ4v) is 1.56. The summed E-state index contributed by atoms with van der Waals surface area (Å²) in [4.78, 5) is 11.8. The van der Waals surface area contributed by atoms with E-state index in [1.54, 1.807) is 13.8 Å². The zero-order valence-corrected chi connectivity index (χ0v) is 11.1. The van der Waals surface area contributed by atoms with E-state index in [9.17, 15) is 9.18 Å². The van der Waals surface area contributed by atoms with Crippen LogP contribution in [0.3, 0.4) is 0 Å². The van der Waals surface area contributed by atoms with Crippen molar-refractivity contribution in [1.82, 2.24) is 5.32 Å². The summed E-state index contributed by atoms with van der Waals surface area (Å²) in [6.45, 7) is 3.65. The van der Waals surface area contributed by atoms with Crippen LogP contribution in [0.5, 0.6) is 0 Å². The Morgan fingerprint density at radius 1 is 1.59 bits per heavy atom. The van der Waals surface area contributed by atoms with Crippen molar-refractivity contribution in [3.63, 3.8) is 0 Å². The molecule has 17 heavy (non-hydrogen) atoms. The number of carbonyl (C=O) groups is 1. The number of hydrogen-bond acceptors (Lipinski definition) is 2. The third-order valence-electron chi connectivity index (χ3n) is 2.19. The number of hydrogen-bond donors (Lipinski definition) is 1. The highest BCUT2D eigenvalue weighted by Gasteiger charge is 2.19. The van der Waals surface area contributed by atoms with Gasteiger partial charge >= 0.3 is 0 Å². The van der Waals surface area contributed by atoms with E-state index in [0.29, 0.717) is 0 Å². The standard InChI is InChI=1S/C12H12BrFN2O/c1-12(2,6-15)7-16-11(17)8-4-3-5-9(14)10(8)13/h3-5H,7H2,1-2H3,(H,16,17). The molecule has 1 aromatic rings. The fourth-order valence-electron chi connectivity index (χ4n) is 1.12. The van der Waals surface area contributed by atoms with Crippen LogP contribution < -0.4 is 5.32 Å². The maximum absolute atomic E-state index is 13.2. The Labute approximate surface area is 108 Å². The summed E-state index contributed by atoms with van der Waals surface area (Å²) in [5, 5.41) is 11.4. The minimum Gasteiger partial charge on any atom is -0.350 e. The molecular formula is C12H12BrFN2O. The van der Waals surface area contributed by atoms with E-state index in [2.05, 4.69) is 27.3 Å². The van der Waals surface area contributed by atoms with Crippen LogP contribution in [-0.4, -0.2) is 12.5 Å². The lowest BCUT2D eigenvalue weighted by atomic mass is 9.96. The smallest absolute Gasteiger partial charge is 0.252 e. The molecule has 0 saturated heterocycles. The van der Waals surface area contributed by atoms with Gasteiger partial charge in [-0.1, -0.05) is 6.07 Å². The predicted molar refractivity (Wildman–Crippen MR) is 65.8 cm³/mol. The first kappa shape index (κ1) is 13.7. The first-order valence-corrected chi connectivity index (χ1v) is 5.80. The van der Waals surface area contributed by atoms with Crippen molar-refractivity contribution in [2.75, 3.05) is 6.54 Å². The lowest BCUT2D eigenvalue weighted by molar-refractivity contribution is 0.0942. The number of rotatable bonds is 3. The van der Waals surface area contributed by atoms with Gasteiger partial charge in [-0.05, 0) is 41.9 Å². The molecule has 0 heterocycles. The Kier molecular flexibility index (Phi) is 4.24. The van der Waals surface area contributed by atoms with Crippen molar-refractivity contribution in [3.8, 4) is 6.07 Å². The number of nitrogens with one attached hydrogen (secondary N) is 1. The predicted octanol–water partition coefficient (Wildman–Crippen LogP) is 2.87. The minimum absolute atomic E-state index is 0.132. The number of halogens is 2. The molecule has 3 nitrogen and oxygen atoms in total. The molecule has 0 bridgehead atoms. The van der Waals surface area contributed by atoms with Gasteiger partial charge in [-0.15, -0.1) is 0 Å². The van der Waals surface area contributed by atoms with Crippen molar-refractivity contribution in [2.45, 2.75) is 13.8 Å². The van der Waals surface area contributed by atoms with Gasteiger partial charge in [0.15, 0.2) is 0 Å². The van der Waals surface area contributed by atoms with Crippen LogP contribution in [0.25, 0.3) is 0 Å². The zero-order valence-electron chi connectivity index (χ0n) is 9.55. The Morgan fingerprint density at radius 3 is 2.82 bits per heavy atom. The average molecular weight is 299 g/mol. The second-order valence-electron chi connectivity index (χ2n) is 4.28. The summed E-state index contributed by atoms with van der Waals surface area (Å²) in [5.41, 5.74) is -0.422. The molecular weight excluding hydrogens is 287 g/mol. The lowest BCUT2D eigenvalue weighted by Gasteiger charge is -2.16. The molecule has 0 fully saturated rings. The van der Waals surface area contributed by atoms with Gasteiger partial charge < -0.3 is 5.32 Å². The van der Waals surface area contributed by atoms with Gasteiger partial charge in [-0.25, -0.2) is 4.39 Å². The fraction of sp³-hybridized carbons (Fsp3) is 0.333. The van der Waals surface area contributed by atoms with Gasteiger partial charge in [-0.3, -0.25) is 4.79 Å². The van der Waals surface area contributed by atoms with E-state index in [1.807, 2.05) is 0 Å². The molecule has 0 aliphatic carbocycles. The van der Waals surface area contributed by atoms with E-state index in [-0.39, 0.29) is 16.6 Å². The molecule has 0 aliphatic rings. The Balaban J connectivity index is 2.79. The van der Waals surface area contributed by atoms with Gasteiger partial charge in [-0.2, -0.15) is 5.26 Å². The molecule has 1 rings (SSSR count). The molecule has 0 spiro atoms. The van der Waals surface area contributed by atoms with Gasteiger partial charge in [0.05, 0.1) is 21.5 Å². The second-order valence-corrected chi connectivity index (χ2v) is 5.07.